The minimum Gasteiger partial charge on any atom is -0.507 e. The van der Waals surface area contributed by atoms with Crippen LogP contribution in [0.2, 0.25) is 0 Å². The van der Waals surface area contributed by atoms with Crippen LogP contribution in [0.3, 0.4) is 0 Å². The third-order valence-electron chi connectivity index (χ3n) is 9.05. The van der Waals surface area contributed by atoms with Crippen molar-refractivity contribution >= 4 is 50.8 Å². The van der Waals surface area contributed by atoms with Crippen LogP contribution in [0.1, 0.15) is 69.9 Å². The first-order valence-electron chi connectivity index (χ1n) is 14.4. The van der Waals surface area contributed by atoms with Crippen molar-refractivity contribution in [1.82, 2.24) is 4.90 Å². The van der Waals surface area contributed by atoms with E-state index in [0.29, 0.717) is 17.7 Å². The third kappa shape index (κ3) is 4.12. The predicted octanol–water partition coefficient (Wildman–Crippen LogP) is 5.38. The van der Waals surface area contributed by atoms with E-state index >= 15 is 4.79 Å². The molecule has 2 amide bonds. The standard InChI is InChI=1S/C33H33BrN2O6/c1-32(2)16-24-26(25(38)17-32)33(31(42)35(24)22-9-4-3-5-10-22)27(28(39)19-12-14-21(34)15-13-19)29(40)30(41)36(33)23-11-7-6-8-20(23)18-37/h6-8,11-15,22,37,39H,3-5,9-10,16-18H2,1-2H3/b28-27-. The van der Waals surface area contributed by atoms with E-state index in [0.717, 1.165) is 41.5 Å². The summed E-state index contributed by atoms with van der Waals surface area (Å²) in [7, 11) is 0. The Labute approximate surface area is 252 Å². The molecule has 2 N–H and O–H groups in total. The lowest BCUT2D eigenvalue weighted by molar-refractivity contribution is -0.134. The average Bonchev–Trinajstić information content (AvgIpc) is 3.34. The number of ketones is 2. The highest BCUT2D eigenvalue weighted by Gasteiger charge is 2.71. The average molecular weight is 634 g/mol. The normalized spacial score (nSPS) is 25.6. The number of halogens is 1. The zero-order valence-electron chi connectivity index (χ0n) is 23.7. The molecule has 1 atom stereocenters. The summed E-state index contributed by atoms with van der Waals surface area (Å²) in [5, 5.41) is 22.1. The van der Waals surface area contributed by atoms with Crippen LogP contribution in [0.5, 0.6) is 0 Å². The van der Waals surface area contributed by atoms with Gasteiger partial charge >= 0.3 is 5.91 Å². The highest BCUT2D eigenvalue weighted by atomic mass is 79.9. The number of allylic oxidation sites excluding steroid dienone is 1. The number of anilines is 1. The number of carbonyl (C=O) groups is 4. The number of aliphatic hydroxyl groups excluding tert-OH is 2. The topological polar surface area (TPSA) is 115 Å². The van der Waals surface area contributed by atoms with Crippen molar-refractivity contribution in [2.75, 3.05) is 4.90 Å². The maximum atomic E-state index is 15.2. The summed E-state index contributed by atoms with van der Waals surface area (Å²) >= 11 is 3.38. The second-order valence-corrected chi connectivity index (χ2v) is 13.3. The first-order chi connectivity index (χ1) is 20.0. The molecule has 9 heteroatoms. The molecule has 0 radical (unpaired) electrons. The summed E-state index contributed by atoms with van der Waals surface area (Å²) in [6.45, 7) is 3.49. The number of fused-ring (bicyclic) bond motifs is 1. The van der Waals surface area contributed by atoms with Gasteiger partial charge in [-0.25, -0.2) is 0 Å². The van der Waals surface area contributed by atoms with E-state index in [-0.39, 0.29) is 35.1 Å². The molecule has 2 aromatic carbocycles. The molecule has 218 valence electrons. The van der Waals surface area contributed by atoms with Gasteiger partial charge < -0.3 is 15.1 Å². The molecule has 1 unspecified atom stereocenters. The van der Waals surface area contributed by atoms with Gasteiger partial charge in [0, 0.05) is 33.8 Å². The minimum absolute atomic E-state index is 0.0861. The van der Waals surface area contributed by atoms with E-state index in [1.54, 1.807) is 53.4 Å². The molecule has 2 aliphatic heterocycles. The number of hydrogen-bond acceptors (Lipinski definition) is 6. The Bertz CT molecular complexity index is 1580. The summed E-state index contributed by atoms with van der Waals surface area (Å²) in [6, 6.07) is 12.8. The van der Waals surface area contributed by atoms with Gasteiger partial charge in [0.1, 0.15) is 5.76 Å². The predicted molar refractivity (Wildman–Crippen MR) is 160 cm³/mol. The van der Waals surface area contributed by atoms with Gasteiger partial charge in [0.2, 0.25) is 0 Å². The van der Waals surface area contributed by atoms with E-state index < -0.39 is 46.5 Å². The van der Waals surface area contributed by atoms with Crippen molar-refractivity contribution in [3.8, 4) is 0 Å². The number of amides is 2. The van der Waals surface area contributed by atoms with Crippen molar-refractivity contribution < 1.29 is 29.4 Å². The monoisotopic (exact) mass is 632 g/mol. The van der Waals surface area contributed by atoms with Crippen molar-refractivity contribution in [2.45, 2.75) is 77.0 Å². The number of hydrogen-bond donors (Lipinski definition) is 2. The van der Waals surface area contributed by atoms with Crippen molar-refractivity contribution in [3.63, 3.8) is 0 Å². The number of aliphatic hydroxyl groups is 2. The molecule has 6 rings (SSSR count). The SMILES string of the molecule is CC1(C)CC(=O)C2=C(C1)N(C1CCCCC1)C(=O)C21/C(=C(\O)c2ccc(Br)cc2)C(=O)C(=O)N1c1ccccc1CO. The summed E-state index contributed by atoms with van der Waals surface area (Å²) < 4.78 is 0.737. The van der Waals surface area contributed by atoms with Gasteiger partial charge in [-0.15, -0.1) is 0 Å². The van der Waals surface area contributed by atoms with Crippen molar-refractivity contribution in [2.24, 2.45) is 5.41 Å². The number of nitrogens with zero attached hydrogens (tertiary/aromatic N) is 2. The minimum atomic E-state index is -2.20. The third-order valence-corrected chi connectivity index (χ3v) is 9.58. The molecule has 2 aromatic rings. The molecule has 4 aliphatic rings. The van der Waals surface area contributed by atoms with E-state index in [9.17, 15) is 24.6 Å². The lowest BCUT2D eigenvalue weighted by Gasteiger charge is -2.38. The Kier molecular flexibility index (Phi) is 7.01. The van der Waals surface area contributed by atoms with E-state index in [1.807, 2.05) is 13.8 Å². The summed E-state index contributed by atoms with van der Waals surface area (Å²) in [6.07, 6.45) is 4.88. The van der Waals surface area contributed by atoms with E-state index in [2.05, 4.69) is 15.9 Å². The van der Waals surface area contributed by atoms with Gasteiger partial charge in [-0.3, -0.25) is 24.1 Å². The van der Waals surface area contributed by atoms with Gasteiger partial charge in [0.15, 0.2) is 11.3 Å². The summed E-state index contributed by atoms with van der Waals surface area (Å²) in [5.74, 6) is -3.50. The molecule has 42 heavy (non-hydrogen) atoms. The lowest BCUT2D eigenvalue weighted by Crippen LogP contribution is -2.58. The molecule has 0 aromatic heterocycles. The Morgan fingerprint density at radius 2 is 1.62 bits per heavy atom. The maximum Gasteiger partial charge on any atom is 0.300 e. The van der Waals surface area contributed by atoms with Crippen LogP contribution in [-0.2, 0) is 25.8 Å². The van der Waals surface area contributed by atoms with Gasteiger partial charge in [-0.05, 0) is 42.9 Å². The van der Waals surface area contributed by atoms with Gasteiger partial charge in [-0.2, -0.15) is 0 Å². The first-order valence-corrected chi connectivity index (χ1v) is 15.2. The zero-order valence-corrected chi connectivity index (χ0v) is 25.2. The smallest absolute Gasteiger partial charge is 0.300 e. The number of Topliss-reactive ketones (excluding diaryl/α,β-unsaturated/α-hetero) is 2. The Hall–Kier alpha value is -3.56. The van der Waals surface area contributed by atoms with Crippen LogP contribution >= 0.6 is 15.9 Å². The Morgan fingerprint density at radius 1 is 0.952 bits per heavy atom. The molecule has 0 bridgehead atoms. The van der Waals surface area contributed by atoms with Gasteiger partial charge in [0.05, 0.1) is 23.4 Å². The van der Waals surface area contributed by atoms with E-state index in [1.165, 1.54) is 0 Å². The fraction of sp³-hybridized carbons (Fsp3) is 0.394. The van der Waals surface area contributed by atoms with Crippen molar-refractivity contribution in [3.05, 3.63) is 81.0 Å². The highest BCUT2D eigenvalue weighted by Crippen LogP contribution is 2.57. The Balaban J connectivity index is 1.72. The maximum absolute atomic E-state index is 15.2. The Morgan fingerprint density at radius 3 is 2.29 bits per heavy atom. The lowest BCUT2D eigenvalue weighted by atomic mass is 9.70. The van der Waals surface area contributed by atoms with Crippen molar-refractivity contribution in [1.29, 1.82) is 0 Å². The molecule has 2 heterocycles. The zero-order chi connectivity index (χ0) is 30.0. The molecule has 2 fully saturated rings. The molecule has 1 spiro atoms. The molecular formula is C33H33BrN2O6. The first kappa shape index (κ1) is 28.6. The summed E-state index contributed by atoms with van der Waals surface area (Å²) in [4.78, 5) is 60.4. The number of benzene rings is 2. The summed E-state index contributed by atoms with van der Waals surface area (Å²) in [5.41, 5.74) is -1.74. The quantitative estimate of drug-likeness (QED) is 0.266. The van der Waals surface area contributed by atoms with Gasteiger partial charge in [0.25, 0.3) is 11.7 Å². The number of rotatable bonds is 4. The van der Waals surface area contributed by atoms with Crippen LogP contribution in [0, 0.1) is 5.41 Å². The fourth-order valence-corrected chi connectivity index (χ4v) is 7.56. The van der Waals surface area contributed by atoms with Crippen LogP contribution in [0.15, 0.2) is 69.8 Å². The second-order valence-electron chi connectivity index (χ2n) is 12.4. The van der Waals surface area contributed by atoms with Crippen LogP contribution in [-0.4, -0.2) is 50.1 Å². The number of para-hydroxylation sites is 1. The largest absolute Gasteiger partial charge is 0.507 e. The van der Waals surface area contributed by atoms with Crippen LogP contribution < -0.4 is 4.90 Å². The van der Waals surface area contributed by atoms with E-state index in [4.69, 9.17) is 0 Å². The molecule has 1 saturated heterocycles. The van der Waals surface area contributed by atoms with Crippen LogP contribution in [0.25, 0.3) is 5.76 Å². The fourth-order valence-electron chi connectivity index (χ4n) is 7.29. The number of carbonyl (C=O) groups excluding carboxylic acids is 4. The van der Waals surface area contributed by atoms with Gasteiger partial charge in [-0.1, -0.05) is 79.4 Å². The molecule has 1 saturated carbocycles. The molecule has 8 nitrogen and oxygen atoms in total. The molecule has 2 aliphatic carbocycles. The second kappa shape index (κ2) is 10.3. The highest BCUT2D eigenvalue weighted by molar-refractivity contribution is 9.10. The van der Waals surface area contributed by atoms with Crippen LogP contribution in [0.4, 0.5) is 5.69 Å². The molecular weight excluding hydrogens is 600 g/mol.